The molecule has 0 aliphatic heterocycles. The summed E-state index contributed by atoms with van der Waals surface area (Å²) < 4.78 is 18.1. The summed E-state index contributed by atoms with van der Waals surface area (Å²) in [5, 5.41) is 2.82. The van der Waals surface area contributed by atoms with Crippen molar-refractivity contribution in [1.82, 2.24) is 5.32 Å². The van der Waals surface area contributed by atoms with E-state index in [1.54, 1.807) is 12.1 Å². The molecule has 1 rings (SSSR count). The maximum atomic E-state index is 12.7. The fourth-order valence-electron chi connectivity index (χ4n) is 1.35. The topological polar surface area (TPSA) is 38.3 Å². The van der Waals surface area contributed by atoms with Crippen LogP contribution in [0.15, 0.2) is 29.2 Å². The Hall–Kier alpha value is -1.07. The van der Waals surface area contributed by atoms with Crippen molar-refractivity contribution in [2.24, 2.45) is 0 Å². The second kappa shape index (κ2) is 8.93. The van der Waals surface area contributed by atoms with E-state index in [0.717, 1.165) is 11.3 Å². The van der Waals surface area contributed by atoms with E-state index < -0.39 is 0 Å². The van der Waals surface area contributed by atoms with Crippen LogP contribution in [0.5, 0.6) is 0 Å². The number of hydrogen-bond acceptors (Lipinski definition) is 3. The van der Waals surface area contributed by atoms with E-state index >= 15 is 0 Å². The maximum Gasteiger partial charge on any atom is 0.230 e. The van der Waals surface area contributed by atoms with Crippen LogP contribution in [0.1, 0.15) is 20.3 Å². The lowest BCUT2D eigenvalue weighted by Crippen LogP contribution is -2.27. The minimum Gasteiger partial charge on any atom is -0.379 e. The molecular weight excluding hydrogens is 265 g/mol. The predicted molar refractivity (Wildman–Crippen MR) is 75.8 cm³/mol. The van der Waals surface area contributed by atoms with Gasteiger partial charge in [-0.05, 0) is 44.5 Å². The molecule has 0 unspecified atom stereocenters. The molecule has 0 aromatic heterocycles. The molecule has 1 aromatic rings. The Morgan fingerprint density at radius 1 is 1.37 bits per heavy atom. The number of amides is 1. The van der Waals surface area contributed by atoms with Crippen LogP contribution in [0.2, 0.25) is 0 Å². The minimum atomic E-state index is -0.265. The molecular formula is C14H20FNO2S. The monoisotopic (exact) mass is 285 g/mol. The van der Waals surface area contributed by atoms with E-state index in [2.05, 4.69) is 5.32 Å². The van der Waals surface area contributed by atoms with Gasteiger partial charge in [-0.1, -0.05) is 0 Å². The molecule has 0 saturated heterocycles. The molecule has 0 aliphatic rings. The Kier molecular flexibility index (Phi) is 7.52. The number of carbonyl (C=O) groups excluding carboxylic acids is 1. The normalized spacial score (nSPS) is 10.7. The summed E-state index contributed by atoms with van der Waals surface area (Å²) in [4.78, 5) is 12.4. The third kappa shape index (κ3) is 7.85. The molecule has 1 aromatic carbocycles. The van der Waals surface area contributed by atoms with Crippen molar-refractivity contribution in [2.75, 3.05) is 18.9 Å². The van der Waals surface area contributed by atoms with Crippen molar-refractivity contribution < 1.29 is 13.9 Å². The highest BCUT2D eigenvalue weighted by Crippen LogP contribution is 2.17. The van der Waals surface area contributed by atoms with Gasteiger partial charge in [0.05, 0.1) is 11.9 Å². The zero-order valence-electron chi connectivity index (χ0n) is 11.3. The van der Waals surface area contributed by atoms with Crippen molar-refractivity contribution in [3.05, 3.63) is 30.1 Å². The molecule has 0 fully saturated rings. The van der Waals surface area contributed by atoms with Crippen molar-refractivity contribution >= 4 is 17.7 Å². The summed E-state index contributed by atoms with van der Waals surface area (Å²) in [6, 6.07) is 6.13. The Morgan fingerprint density at radius 2 is 2.05 bits per heavy atom. The molecule has 19 heavy (non-hydrogen) atoms. The highest BCUT2D eigenvalue weighted by molar-refractivity contribution is 8.00. The molecule has 0 heterocycles. The molecule has 0 radical (unpaired) electrons. The zero-order chi connectivity index (χ0) is 14.1. The van der Waals surface area contributed by atoms with Crippen molar-refractivity contribution in [1.29, 1.82) is 0 Å². The minimum absolute atomic E-state index is 0.0149. The highest BCUT2D eigenvalue weighted by Gasteiger charge is 2.02. The average Bonchev–Trinajstić information content (AvgIpc) is 2.37. The molecule has 0 aliphatic carbocycles. The Labute approximate surface area is 117 Å². The molecule has 0 saturated carbocycles. The number of ether oxygens (including phenoxy) is 1. The second-order valence-corrected chi connectivity index (χ2v) is 5.41. The first-order chi connectivity index (χ1) is 9.08. The number of nitrogens with one attached hydrogen (secondary N) is 1. The molecule has 0 atom stereocenters. The van der Waals surface area contributed by atoms with Crippen LogP contribution < -0.4 is 5.32 Å². The van der Waals surface area contributed by atoms with Crippen molar-refractivity contribution in [3.63, 3.8) is 0 Å². The molecule has 106 valence electrons. The zero-order valence-corrected chi connectivity index (χ0v) is 12.1. The van der Waals surface area contributed by atoms with Crippen LogP contribution in [-0.4, -0.2) is 30.9 Å². The summed E-state index contributed by atoms with van der Waals surface area (Å²) >= 11 is 1.40. The number of halogens is 1. The summed E-state index contributed by atoms with van der Waals surface area (Å²) in [6.45, 7) is 5.24. The van der Waals surface area contributed by atoms with E-state index in [9.17, 15) is 9.18 Å². The summed E-state index contributed by atoms with van der Waals surface area (Å²) in [6.07, 6.45) is 1.04. The van der Waals surface area contributed by atoms with Crippen LogP contribution in [0.25, 0.3) is 0 Å². The standard InChI is InChI=1S/C14H20FNO2S/c1-11(2)18-9-3-8-16-14(17)10-19-13-6-4-12(15)5-7-13/h4-7,11H,3,8-10H2,1-2H3,(H,16,17). The lowest BCUT2D eigenvalue weighted by atomic mass is 10.4. The first kappa shape index (κ1) is 16.0. The highest BCUT2D eigenvalue weighted by atomic mass is 32.2. The molecule has 5 heteroatoms. The summed E-state index contributed by atoms with van der Waals surface area (Å²) in [7, 11) is 0. The number of benzene rings is 1. The summed E-state index contributed by atoms with van der Waals surface area (Å²) in [5.74, 6) is 0.0641. The van der Waals surface area contributed by atoms with Gasteiger partial charge in [0, 0.05) is 18.0 Å². The van der Waals surface area contributed by atoms with E-state index in [-0.39, 0.29) is 17.8 Å². The van der Waals surface area contributed by atoms with Gasteiger partial charge in [0.1, 0.15) is 5.82 Å². The van der Waals surface area contributed by atoms with E-state index in [0.29, 0.717) is 18.9 Å². The van der Waals surface area contributed by atoms with E-state index in [4.69, 9.17) is 4.74 Å². The van der Waals surface area contributed by atoms with Gasteiger partial charge in [0.2, 0.25) is 5.91 Å². The second-order valence-electron chi connectivity index (χ2n) is 4.37. The molecule has 0 bridgehead atoms. The Bertz CT molecular complexity index is 382. The van der Waals surface area contributed by atoms with Gasteiger partial charge in [-0.25, -0.2) is 4.39 Å². The third-order valence-electron chi connectivity index (χ3n) is 2.28. The number of carbonyl (C=O) groups is 1. The summed E-state index contributed by atoms with van der Waals surface area (Å²) in [5.41, 5.74) is 0. The molecule has 1 amide bonds. The largest absolute Gasteiger partial charge is 0.379 e. The third-order valence-corrected chi connectivity index (χ3v) is 3.29. The van der Waals surface area contributed by atoms with E-state index in [1.807, 2.05) is 13.8 Å². The van der Waals surface area contributed by atoms with Crippen LogP contribution in [0.3, 0.4) is 0 Å². The smallest absolute Gasteiger partial charge is 0.230 e. The van der Waals surface area contributed by atoms with Crippen molar-refractivity contribution in [2.45, 2.75) is 31.3 Å². The molecule has 3 nitrogen and oxygen atoms in total. The Morgan fingerprint density at radius 3 is 2.68 bits per heavy atom. The van der Waals surface area contributed by atoms with Gasteiger partial charge in [0.25, 0.3) is 0 Å². The fraction of sp³-hybridized carbons (Fsp3) is 0.500. The van der Waals surface area contributed by atoms with E-state index in [1.165, 1.54) is 23.9 Å². The number of hydrogen-bond donors (Lipinski definition) is 1. The van der Waals surface area contributed by atoms with Gasteiger partial charge < -0.3 is 10.1 Å². The number of thioether (sulfide) groups is 1. The van der Waals surface area contributed by atoms with Gasteiger partial charge in [-0.3, -0.25) is 4.79 Å². The predicted octanol–water partition coefficient (Wildman–Crippen LogP) is 2.85. The first-order valence-electron chi connectivity index (χ1n) is 6.34. The fourth-order valence-corrected chi connectivity index (χ4v) is 2.08. The average molecular weight is 285 g/mol. The molecule has 1 N–H and O–H groups in total. The van der Waals surface area contributed by atoms with Crippen LogP contribution in [-0.2, 0) is 9.53 Å². The SMILES string of the molecule is CC(C)OCCCNC(=O)CSc1ccc(F)cc1. The number of rotatable bonds is 8. The van der Waals surface area contributed by atoms with Crippen LogP contribution in [0, 0.1) is 5.82 Å². The lowest BCUT2D eigenvalue weighted by Gasteiger charge is -2.08. The molecule has 0 spiro atoms. The van der Waals surface area contributed by atoms with Crippen molar-refractivity contribution in [3.8, 4) is 0 Å². The van der Waals surface area contributed by atoms with Gasteiger partial charge >= 0.3 is 0 Å². The Balaban J connectivity index is 2.09. The van der Waals surface area contributed by atoms with Crippen LogP contribution in [0.4, 0.5) is 4.39 Å². The lowest BCUT2D eigenvalue weighted by molar-refractivity contribution is -0.118. The van der Waals surface area contributed by atoms with Gasteiger partial charge in [-0.15, -0.1) is 11.8 Å². The quantitative estimate of drug-likeness (QED) is 0.589. The first-order valence-corrected chi connectivity index (χ1v) is 7.33. The maximum absolute atomic E-state index is 12.7. The van der Waals surface area contributed by atoms with Gasteiger partial charge in [-0.2, -0.15) is 0 Å². The van der Waals surface area contributed by atoms with Gasteiger partial charge in [0.15, 0.2) is 0 Å². The van der Waals surface area contributed by atoms with Crippen LogP contribution >= 0.6 is 11.8 Å².